The van der Waals surface area contributed by atoms with E-state index in [2.05, 4.69) is 27.0 Å². The third kappa shape index (κ3) is 4.07. The van der Waals surface area contributed by atoms with Crippen LogP contribution >= 0.6 is 0 Å². The van der Waals surface area contributed by atoms with E-state index in [9.17, 15) is 9.59 Å². The second kappa shape index (κ2) is 8.17. The summed E-state index contributed by atoms with van der Waals surface area (Å²) in [5.41, 5.74) is 4.35. The van der Waals surface area contributed by atoms with Gasteiger partial charge in [0.2, 0.25) is 0 Å². The monoisotopic (exact) mass is 390 g/mol. The molecular formula is C23H26N4O2. The summed E-state index contributed by atoms with van der Waals surface area (Å²) in [7, 11) is 0. The van der Waals surface area contributed by atoms with Gasteiger partial charge in [0.15, 0.2) is 0 Å². The molecule has 0 radical (unpaired) electrons. The molecule has 6 nitrogen and oxygen atoms in total. The van der Waals surface area contributed by atoms with Gasteiger partial charge in [-0.15, -0.1) is 0 Å². The van der Waals surface area contributed by atoms with Gasteiger partial charge in [-0.05, 0) is 56.0 Å². The third-order valence-corrected chi connectivity index (χ3v) is 5.59. The van der Waals surface area contributed by atoms with Gasteiger partial charge in [-0.1, -0.05) is 24.3 Å². The van der Waals surface area contributed by atoms with Crippen LogP contribution in [0.1, 0.15) is 29.8 Å². The Kier molecular flexibility index (Phi) is 5.45. The molecule has 0 saturated carbocycles. The second-order valence-corrected chi connectivity index (χ2v) is 7.68. The van der Waals surface area contributed by atoms with Gasteiger partial charge in [0, 0.05) is 31.9 Å². The first-order chi connectivity index (χ1) is 14.0. The highest BCUT2D eigenvalue weighted by atomic mass is 16.2. The van der Waals surface area contributed by atoms with Crippen LogP contribution in [-0.2, 0) is 6.54 Å². The van der Waals surface area contributed by atoms with Crippen LogP contribution in [0.4, 0.5) is 0 Å². The van der Waals surface area contributed by atoms with Crippen molar-refractivity contribution >= 4 is 16.5 Å². The Balaban J connectivity index is 1.41. The first-order valence-electron chi connectivity index (χ1n) is 10.1. The zero-order valence-electron chi connectivity index (χ0n) is 16.9. The highest BCUT2D eigenvalue weighted by Crippen LogP contribution is 2.21. The van der Waals surface area contributed by atoms with Crippen LogP contribution in [0.3, 0.4) is 0 Å². The second-order valence-electron chi connectivity index (χ2n) is 7.68. The summed E-state index contributed by atoms with van der Waals surface area (Å²) in [6.07, 6.45) is 3.96. The van der Waals surface area contributed by atoms with Crippen molar-refractivity contribution in [1.29, 1.82) is 0 Å². The van der Waals surface area contributed by atoms with Crippen LogP contribution in [0.15, 0.2) is 52.1 Å². The molecular weight excluding hydrogens is 364 g/mol. The number of nitrogens with zero attached hydrogens (tertiary/aromatic N) is 3. The van der Waals surface area contributed by atoms with Crippen LogP contribution in [0.5, 0.6) is 0 Å². The molecule has 29 heavy (non-hydrogen) atoms. The first kappa shape index (κ1) is 19.3. The summed E-state index contributed by atoms with van der Waals surface area (Å²) in [5, 5.41) is 0.600. The fourth-order valence-corrected chi connectivity index (χ4v) is 3.99. The fraction of sp³-hybridized carbons (Fsp3) is 0.348. The lowest BCUT2D eigenvalue weighted by atomic mass is 10.0. The number of aromatic amines is 1. The smallest absolute Gasteiger partial charge is 0.307 e. The molecule has 0 aliphatic carbocycles. The number of nitrogens with one attached hydrogen (secondary N) is 1. The number of H-pyrrole nitrogens is 1. The quantitative estimate of drug-likeness (QED) is 0.727. The number of fused-ring (bicyclic) bond motifs is 1. The molecule has 1 aliphatic heterocycles. The Hall–Kier alpha value is -2.99. The molecule has 0 unspecified atom stereocenters. The van der Waals surface area contributed by atoms with Crippen molar-refractivity contribution in [3.05, 3.63) is 80.3 Å². The number of benzene rings is 1. The summed E-state index contributed by atoms with van der Waals surface area (Å²) >= 11 is 0. The lowest BCUT2D eigenvalue weighted by molar-refractivity contribution is 0.290. The molecule has 2 aromatic heterocycles. The Morgan fingerprint density at radius 2 is 1.90 bits per heavy atom. The molecule has 0 bridgehead atoms. The van der Waals surface area contributed by atoms with Crippen molar-refractivity contribution in [2.24, 2.45) is 0 Å². The molecule has 4 rings (SSSR count). The summed E-state index contributed by atoms with van der Waals surface area (Å²) < 4.78 is 1.33. The van der Waals surface area contributed by atoms with E-state index in [0.29, 0.717) is 17.4 Å². The SMILES string of the molecule is Cc1cccc(C2=CCN(CCCn3c(=O)[nH]c4cccc(C)c4c3=O)CC2)n1. The van der Waals surface area contributed by atoms with E-state index >= 15 is 0 Å². The summed E-state index contributed by atoms with van der Waals surface area (Å²) in [6, 6.07) is 11.6. The molecule has 150 valence electrons. The minimum Gasteiger partial charge on any atom is -0.307 e. The summed E-state index contributed by atoms with van der Waals surface area (Å²) in [5.74, 6) is 0. The average molecular weight is 390 g/mol. The van der Waals surface area contributed by atoms with Gasteiger partial charge in [0.05, 0.1) is 16.6 Å². The number of pyridine rings is 1. The van der Waals surface area contributed by atoms with Crippen LogP contribution < -0.4 is 11.2 Å². The van der Waals surface area contributed by atoms with Gasteiger partial charge in [-0.2, -0.15) is 0 Å². The van der Waals surface area contributed by atoms with Crippen LogP contribution in [0.25, 0.3) is 16.5 Å². The average Bonchev–Trinajstić information content (AvgIpc) is 2.71. The predicted molar refractivity (Wildman–Crippen MR) is 116 cm³/mol. The van der Waals surface area contributed by atoms with Crippen molar-refractivity contribution < 1.29 is 0 Å². The lowest BCUT2D eigenvalue weighted by Gasteiger charge is -2.26. The van der Waals surface area contributed by atoms with Gasteiger partial charge < -0.3 is 4.98 Å². The standard InChI is InChI=1S/C23H26N4O2/c1-16-6-3-9-20-21(16)22(28)27(23(29)25-20)13-5-12-26-14-10-18(11-15-26)19-8-4-7-17(2)24-19/h3-4,6-10H,5,11-15H2,1-2H3,(H,25,29). The maximum atomic E-state index is 12.8. The van der Waals surface area contributed by atoms with Crippen molar-refractivity contribution in [3.63, 3.8) is 0 Å². The zero-order valence-corrected chi connectivity index (χ0v) is 16.9. The Bertz CT molecular complexity index is 1190. The van der Waals surface area contributed by atoms with E-state index in [1.165, 1.54) is 10.1 Å². The van der Waals surface area contributed by atoms with Crippen LogP contribution in [-0.4, -0.2) is 39.1 Å². The van der Waals surface area contributed by atoms with Crippen LogP contribution in [0, 0.1) is 13.8 Å². The number of aromatic nitrogens is 3. The van der Waals surface area contributed by atoms with Gasteiger partial charge in [-0.25, -0.2) is 4.79 Å². The molecule has 0 amide bonds. The minimum absolute atomic E-state index is 0.201. The van der Waals surface area contributed by atoms with E-state index < -0.39 is 0 Å². The van der Waals surface area contributed by atoms with Crippen LogP contribution in [0.2, 0.25) is 0 Å². The van der Waals surface area contributed by atoms with Crippen molar-refractivity contribution in [2.45, 2.75) is 33.2 Å². The van der Waals surface area contributed by atoms with E-state index in [4.69, 9.17) is 0 Å². The predicted octanol–water partition coefficient (Wildman–Crippen LogP) is 2.88. The van der Waals surface area contributed by atoms with E-state index in [0.717, 1.165) is 49.4 Å². The molecule has 1 aliphatic rings. The maximum Gasteiger partial charge on any atom is 0.328 e. The zero-order chi connectivity index (χ0) is 20.4. The Labute approximate surface area is 169 Å². The molecule has 0 saturated heterocycles. The molecule has 0 fully saturated rings. The first-order valence-corrected chi connectivity index (χ1v) is 10.1. The summed E-state index contributed by atoms with van der Waals surface area (Å²) in [6.45, 7) is 7.01. The Morgan fingerprint density at radius 3 is 2.66 bits per heavy atom. The van der Waals surface area contributed by atoms with Gasteiger partial charge in [-0.3, -0.25) is 19.2 Å². The van der Waals surface area contributed by atoms with E-state index in [1.807, 2.05) is 38.1 Å². The molecule has 1 N–H and O–H groups in total. The number of aryl methyl sites for hydroxylation is 2. The minimum atomic E-state index is -0.334. The number of rotatable bonds is 5. The number of hydrogen-bond donors (Lipinski definition) is 1. The molecule has 1 aromatic carbocycles. The molecule has 0 spiro atoms. The highest BCUT2D eigenvalue weighted by molar-refractivity contribution is 5.80. The largest absolute Gasteiger partial charge is 0.328 e. The highest BCUT2D eigenvalue weighted by Gasteiger charge is 2.14. The Morgan fingerprint density at radius 1 is 1.07 bits per heavy atom. The van der Waals surface area contributed by atoms with Gasteiger partial charge in [0.25, 0.3) is 5.56 Å². The lowest BCUT2D eigenvalue weighted by Crippen LogP contribution is -2.37. The normalized spacial score (nSPS) is 14.9. The van der Waals surface area contributed by atoms with Gasteiger partial charge in [0.1, 0.15) is 0 Å². The molecule has 3 aromatic rings. The van der Waals surface area contributed by atoms with E-state index in [-0.39, 0.29) is 11.2 Å². The number of hydrogen-bond acceptors (Lipinski definition) is 4. The van der Waals surface area contributed by atoms with E-state index in [1.54, 1.807) is 6.07 Å². The third-order valence-electron chi connectivity index (χ3n) is 5.59. The van der Waals surface area contributed by atoms with Crippen molar-refractivity contribution in [2.75, 3.05) is 19.6 Å². The van der Waals surface area contributed by atoms with Crippen molar-refractivity contribution in [1.82, 2.24) is 19.4 Å². The van der Waals surface area contributed by atoms with Gasteiger partial charge >= 0.3 is 5.69 Å². The molecule has 6 heteroatoms. The molecule has 3 heterocycles. The van der Waals surface area contributed by atoms with Crippen molar-refractivity contribution in [3.8, 4) is 0 Å². The fourth-order valence-electron chi connectivity index (χ4n) is 3.99. The maximum absolute atomic E-state index is 12.8. The summed E-state index contributed by atoms with van der Waals surface area (Å²) in [4.78, 5) is 34.9. The molecule has 0 atom stereocenters. The topological polar surface area (TPSA) is 71.0 Å².